The maximum atomic E-state index is 13.8. The third-order valence-corrected chi connectivity index (χ3v) is 3.76. The fraction of sp³-hybridized carbons (Fsp3) is 0.235. The molecule has 0 saturated heterocycles. The number of aliphatic hydroxyl groups is 1. The molecule has 0 radical (unpaired) electrons. The number of hydrogen-bond donors (Lipinski definition) is 2. The number of halogens is 2. The van der Waals surface area contributed by atoms with Crippen LogP contribution < -0.4 is 5.73 Å². The Kier molecular flexibility index (Phi) is 6.46. The van der Waals surface area contributed by atoms with E-state index in [9.17, 15) is 9.65 Å². The second-order valence-electron chi connectivity index (χ2n) is 5.45. The molecule has 0 aliphatic rings. The van der Waals surface area contributed by atoms with Gasteiger partial charge in [0.1, 0.15) is 5.83 Å². The van der Waals surface area contributed by atoms with E-state index >= 15 is 0 Å². The molecule has 0 aliphatic carbocycles. The smallest absolute Gasteiger partial charge is 0.117 e. The maximum absolute atomic E-state index is 13.8. The first kappa shape index (κ1) is 19.6. The third-order valence-electron chi connectivity index (χ3n) is 3.76. The lowest BCUT2D eigenvalue weighted by Crippen LogP contribution is -2.02. The van der Waals surface area contributed by atoms with Gasteiger partial charge in [-0.25, -0.2) is 9.37 Å². The van der Waals surface area contributed by atoms with Crippen molar-refractivity contribution in [2.24, 2.45) is 5.73 Å². The van der Waals surface area contributed by atoms with Crippen molar-refractivity contribution in [3.8, 4) is 17.3 Å². The summed E-state index contributed by atoms with van der Waals surface area (Å²) in [5.74, 6) is -0.363. The molecule has 2 heterocycles. The average molecular weight is 377 g/mol. The van der Waals surface area contributed by atoms with E-state index in [0.717, 1.165) is 0 Å². The molecule has 0 aliphatic heterocycles. The number of nitrogens with zero attached hydrogens (tertiary/aromatic N) is 5. The largest absolute Gasteiger partial charge is 0.394 e. The number of fused-ring (bicyclic) bond motifs is 1. The Bertz CT molecular complexity index is 971. The van der Waals surface area contributed by atoms with Crippen LogP contribution in [0, 0.1) is 11.3 Å². The van der Waals surface area contributed by atoms with Gasteiger partial charge in [-0.05, 0) is 24.3 Å². The standard InChI is InChI=1S/C17H17FN6O.ClH/c18-13(1-3-19)10-23-11-21-17-14(7-12(9-20)8-16(17)23)15-2-4-24(22-15)5-6-25;/h1-2,4,7-8,11,25H,3,5-6,10,19H2;1H/b13-1-;. The zero-order chi connectivity index (χ0) is 17.8. The molecule has 7 nitrogen and oxygen atoms in total. The Labute approximate surface area is 155 Å². The first-order valence-electron chi connectivity index (χ1n) is 7.74. The lowest BCUT2D eigenvalue weighted by atomic mass is 10.1. The predicted molar refractivity (Wildman–Crippen MR) is 98.2 cm³/mol. The van der Waals surface area contributed by atoms with Crippen LogP contribution in [-0.2, 0) is 13.1 Å². The van der Waals surface area contributed by atoms with Crippen LogP contribution in [0.5, 0.6) is 0 Å². The number of benzene rings is 1. The number of hydrogen-bond acceptors (Lipinski definition) is 5. The van der Waals surface area contributed by atoms with Crippen LogP contribution in [-0.4, -0.2) is 37.6 Å². The molecule has 2 aromatic heterocycles. The van der Waals surface area contributed by atoms with Crippen molar-refractivity contribution in [2.45, 2.75) is 13.1 Å². The van der Waals surface area contributed by atoms with Crippen molar-refractivity contribution in [1.29, 1.82) is 5.26 Å². The third kappa shape index (κ3) is 3.91. The van der Waals surface area contributed by atoms with Gasteiger partial charge in [-0.2, -0.15) is 10.4 Å². The Morgan fingerprint density at radius 3 is 2.92 bits per heavy atom. The molecule has 0 amide bonds. The monoisotopic (exact) mass is 376 g/mol. The van der Waals surface area contributed by atoms with E-state index in [2.05, 4.69) is 16.2 Å². The number of nitriles is 1. The summed E-state index contributed by atoms with van der Waals surface area (Å²) in [5, 5.41) is 22.7. The number of allylic oxidation sites excluding steroid dienone is 1. The first-order valence-corrected chi connectivity index (χ1v) is 7.74. The maximum Gasteiger partial charge on any atom is 0.117 e. The highest BCUT2D eigenvalue weighted by Crippen LogP contribution is 2.28. The summed E-state index contributed by atoms with van der Waals surface area (Å²) in [5.41, 5.74) is 8.37. The quantitative estimate of drug-likeness (QED) is 0.684. The van der Waals surface area contributed by atoms with Crippen LogP contribution in [0.1, 0.15) is 5.56 Å². The molecule has 0 saturated carbocycles. The molecular weight excluding hydrogens is 359 g/mol. The van der Waals surface area contributed by atoms with E-state index in [-0.39, 0.29) is 37.9 Å². The molecule has 0 spiro atoms. The number of imidazole rings is 1. The van der Waals surface area contributed by atoms with Crippen molar-refractivity contribution >= 4 is 23.4 Å². The van der Waals surface area contributed by atoms with Crippen LogP contribution in [0.3, 0.4) is 0 Å². The van der Waals surface area contributed by atoms with Gasteiger partial charge in [0.05, 0.1) is 54.4 Å². The number of nitrogens with two attached hydrogens (primary N) is 1. The van der Waals surface area contributed by atoms with Gasteiger partial charge in [-0.3, -0.25) is 4.68 Å². The second kappa shape index (κ2) is 8.58. The van der Waals surface area contributed by atoms with Crippen molar-refractivity contribution in [3.05, 3.63) is 48.2 Å². The molecule has 1 aromatic carbocycles. The number of aromatic nitrogens is 4. The Hall–Kier alpha value is -2.73. The lowest BCUT2D eigenvalue weighted by Gasteiger charge is -2.05. The van der Waals surface area contributed by atoms with E-state index < -0.39 is 0 Å². The fourth-order valence-corrected chi connectivity index (χ4v) is 2.64. The molecule has 9 heteroatoms. The minimum Gasteiger partial charge on any atom is -0.394 e. The van der Waals surface area contributed by atoms with E-state index in [4.69, 9.17) is 10.8 Å². The topological polar surface area (TPSA) is 106 Å². The molecule has 26 heavy (non-hydrogen) atoms. The molecule has 0 atom stereocenters. The van der Waals surface area contributed by atoms with Crippen molar-refractivity contribution < 1.29 is 9.50 Å². The molecule has 0 fully saturated rings. The van der Waals surface area contributed by atoms with E-state index in [1.54, 1.807) is 33.6 Å². The van der Waals surface area contributed by atoms with Gasteiger partial charge in [0, 0.05) is 18.3 Å². The predicted octanol–water partition coefficient (Wildman–Crippen LogP) is 2.00. The van der Waals surface area contributed by atoms with Crippen LogP contribution in [0.4, 0.5) is 4.39 Å². The van der Waals surface area contributed by atoms with Crippen LogP contribution in [0.2, 0.25) is 0 Å². The van der Waals surface area contributed by atoms with Gasteiger partial charge in [0.15, 0.2) is 0 Å². The summed E-state index contributed by atoms with van der Waals surface area (Å²) >= 11 is 0. The molecule has 136 valence electrons. The fourth-order valence-electron chi connectivity index (χ4n) is 2.64. The zero-order valence-electron chi connectivity index (χ0n) is 13.8. The molecule has 0 unspecified atom stereocenters. The van der Waals surface area contributed by atoms with Crippen molar-refractivity contribution in [1.82, 2.24) is 19.3 Å². The van der Waals surface area contributed by atoms with Gasteiger partial charge in [-0.1, -0.05) is 0 Å². The molecule has 3 rings (SSSR count). The number of rotatable bonds is 6. The van der Waals surface area contributed by atoms with E-state index in [0.29, 0.717) is 34.4 Å². The van der Waals surface area contributed by atoms with E-state index in [1.807, 2.05) is 0 Å². The highest BCUT2D eigenvalue weighted by atomic mass is 35.5. The van der Waals surface area contributed by atoms with Gasteiger partial charge in [-0.15, -0.1) is 12.4 Å². The zero-order valence-corrected chi connectivity index (χ0v) is 14.7. The second-order valence-corrected chi connectivity index (χ2v) is 5.45. The SMILES string of the molecule is Cl.N#Cc1cc(-c2ccn(CCO)n2)c2ncn(C/C(F)=C/CN)c2c1. The van der Waals surface area contributed by atoms with E-state index in [1.165, 1.54) is 12.4 Å². The molecular formula is C17H18ClFN6O. The average Bonchev–Trinajstić information content (AvgIpc) is 3.22. The minimum atomic E-state index is -0.363. The van der Waals surface area contributed by atoms with Gasteiger partial charge in [0.2, 0.25) is 0 Å². The summed E-state index contributed by atoms with van der Waals surface area (Å²) in [4.78, 5) is 4.37. The minimum absolute atomic E-state index is 0. The van der Waals surface area contributed by atoms with Gasteiger partial charge in [0.25, 0.3) is 0 Å². The summed E-state index contributed by atoms with van der Waals surface area (Å²) in [6.45, 7) is 0.483. The highest BCUT2D eigenvalue weighted by molar-refractivity contribution is 5.92. The number of aliphatic hydroxyl groups excluding tert-OH is 1. The summed E-state index contributed by atoms with van der Waals surface area (Å²) in [7, 11) is 0. The van der Waals surface area contributed by atoms with Crippen molar-refractivity contribution in [3.63, 3.8) is 0 Å². The Morgan fingerprint density at radius 1 is 1.42 bits per heavy atom. The molecule has 0 bridgehead atoms. The van der Waals surface area contributed by atoms with Gasteiger partial charge >= 0.3 is 0 Å². The first-order chi connectivity index (χ1) is 12.2. The van der Waals surface area contributed by atoms with Gasteiger partial charge < -0.3 is 15.4 Å². The lowest BCUT2D eigenvalue weighted by molar-refractivity contribution is 0.269. The summed E-state index contributed by atoms with van der Waals surface area (Å²) in [6.07, 6.45) is 4.58. The van der Waals surface area contributed by atoms with Crippen LogP contribution in [0.25, 0.3) is 22.3 Å². The Balaban J connectivity index is 0.00000243. The molecule has 3 aromatic rings. The Morgan fingerprint density at radius 2 is 2.23 bits per heavy atom. The van der Waals surface area contributed by atoms with Crippen molar-refractivity contribution in [2.75, 3.05) is 13.2 Å². The van der Waals surface area contributed by atoms with Crippen LogP contribution in [0.15, 0.2) is 42.6 Å². The normalized spacial score (nSPS) is 11.4. The van der Waals surface area contributed by atoms with Crippen LogP contribution >= 0.6 is 12.4 Å². The highest BCUT2D eigenvalue weighted by Gasteiger charge is 2.14. The molecule has 3 N–H and O–H groups in total. The summed E-state index contributed by atoms with van der Waals surface area (Å²) < 4.78 is 17.1. The summed E-state index contributed by atoms with van der Waals surface area (Å²) in [6, 6.07) is 7.28.